The molecule has 0 spiro atoms. The minimum atomic E-state index is -0.695. The second-order valence-electron chi connectivity index (χ2n) is 9.26. The molecule has 0 radical (unpaired) electrons. The van der Waals surface area contributed by atoms with Gasteiger partial charge in [-0.15, -0.1) is 0 Å². The molecule has 0 aliphatic carbocycles. The van der Waals surface area contributed by atoms with Crippen molar-refractivity contribution in [2.45, 2.75) is 71.1 Å². The molecule has 2 aliphatic rings. The fourth-order valence-corrected chi connectivity index (χ4v) is 4.65. The molecule has 1 aromatic rings. The monoisotopic (exact) mass is 494 g/mol. The summed E-state index contributed by atoms with van der Waals surface area (Å²) in [6.45, 7) is 3.68. The van der Waals surface area contributed by atoms with Gasteiger partial charge >= 0.3 is 5.97 Å². The molecule has 0 aromatic heterocycles. The van der Waals surface area contributed by atoms with Gasteiger partial charge in [-0.1, -0.05) is 42.9 Å². The molecule has 1 unspecified atom stereocenters. The lowest BCUT2D eigenvalue weighted by Crippen LogP contribution is -2.37. The number of benzene rings is 1. The fourth-order valence-electron chi connectivity index (χ4n) is 4.43. The number of piperidine rings is 1. The second-order valence-corrected chi connectivity index (χ2v) is 9.64. The zero-order valence-electron chi connectivity index (χ0n) is 19.9. The first-order valence-corrected chi connectivity index (χ1v) is 12.6. The molecule has 9 heteroatoms. The van der Waals surface area contributed by atoms with Gasteiger partial charge in [0.2, 0.25) is 0 Å². The number of halogens is 1. The van der Waals surface area contributed by atoms with Gasteiger partial charge in [-0.3, -0.25) is 4.79 Å². The number of ether oxygens (including phenoxy) is 1. The van der Waals surface area contributed by atoms with Crippen molar-refractivity contribution in [3.05, 3.63) is 22.2 Å². The zero-order chi connectivity index (χ0) is 24.5. The summed E-state index contributed by atoms with van der Waals surface area (Å²) in [5.74, 6) is -1.12. The summed E-state index contributed by atoms with van der Waals surface area (Å²) in [4.78, 5) is 32.4. The Morgan fingerprint density at radius 1 is 1.15 bits per heavy atom. The van der Waals surface area contributed by atoms with Crippen LogP contribution in [0.1, 0.15) is 80.6 Å². The van der Waals surface area contributed by atoms with Gasteiger partial charge in [0.1, 0.15) is 17.1 Å². The van der Waals surface area contributed by atoms with Gasteiger partial charge < -0.3 is 24.7 Å². The smallest absolute Gasteiger partial charge is 0.342 e. The van der Waals surface area contributed by atoms with E-state index in [1.807, 2.05) is 0 Å². The van der Waals surface area contributed by atoms with Crippen LogP contribution in [0.4, 0.5) is 0 Å². The Morgan fingerprint density at radius 2 is 1.88 bits per heavy atom. The average molecular weight is 495 g/mol. The number of rotatable bonds is 3. The van der Waals surface area contributed by atoms with E-state index < -0.39 is 11.7 Å². The number of esters is 1. The molecule has 2 N–H and O–H groups in total. The average Bonchev–Trinajstić information content (AvgIpc) is 2.81. The van der Waals surface area contributed by atoms with Crippen LogP contribution >= 0.6 is 11.6 Å². The topological polar surface area (TPSA) is 109 Å². The van der Waals surface area contributed by atoms with Crippen LogP contribution in [0.25, 0.3) is 0 Å². The highest BCUT2D eigenvalue weighted by atomic mass is 35.5. The zero-order valence-corrected chi connectivity index (χ0v) is 20.6. The van der Waals surface area contributed by atoms with Crippen LogP contribution in [0.2, 0.25) is 5.02 Å². The van der Waals surface area contributed by atoms with Crippen molar-refractivity contribution in [1.29, 1.82) is 0 Å². The van der Waals surface area contributed by atoms with E-state index in [1.54, 1.807) is 4.90 Å². The molecule has 1 fully saturated rings. The van der Waals surface area contributed by atoms with Crippen LogP contribution in [0.15, 0.2) is 11.2 Å². The number of nitrogens with zero attached hydrogens (tertiary/aromatic N) is 2. The van der Waals surface area contributed by atoms with Crippen LogP contribution in [0.3, 0.4) is 0 Å². The third-order valence-electron chi connectivity index (χ3n) is 6.50. The van der Waals surface area contributed by atoms with Crippen molar-refractivity contribution in [2.75, 3.05) is 26.3 Å². The summed E-state index contributed by atoms with van der Waals surface area (Å²) in [6, 6.07) is 1.04. The van der Waals surface area contributed by atoms with E-state index in [2.05, 4.69) is 12.1 Å². The second kappa shape index (κ2) is 12.8. The summed E-state index contributed by atoms with van der Waals surface area (Å²) in [5, 5.41) is 24.8. The van der Waals surface area contributed by atoms with E-state index in [4.69, 9.17) is 21.2 Å². The fraction of sp³-hybridized carbons (Fsp3) is 0.640. The molecule has 8 nitrogen and oxygen atoms in total. The molecular formula is C25H35ClN2O6. The lowest BCUT2D eigenvalue weighted by atomic mass is 9.95. The first-order chi connectivity index (χ1) is 16.4. The van der Waals surface area contributed by atoms with Crippen LogP contribution < -0.4 is 0 Å². The molecule has 2 heterocycles. The van der Waals surface area contributed by atoms with Gasteiger partial charge in [0.25, 0.3) is 5.91 Å². The number of amides is 1. The van der Waals surface area contributed by atoms with Crippen LogP contribution in [-0.4, -0.2) is 59.0 Å². The number of likely N-dealkylation sites (tertiary alicyclic amines) is 1. The molecule has 188 valence electrons. The quantitative estimate of drug-likeness (QED) is 0.460. The maximum absolute atomic E-state index is 12.8. The number of aromatic hydroxyl groups is 2. The maximum atomic E-state index is 12.8. The SMILES string of the molecule is CC1CCCCC/C(=N/OCC(=O)N2CCCCC2)Cc2c(Cl)c(O)cc(O)c2C(=O)OCC1. The van der Waals surface area contributed by atoms with E-state index in [0.717, 1.165) is 70.5 Å². The lowest BCUT2D eigenvalue weighted by molar-refractivity contribution is -0.137. The van der Waals surface area contributed by atoms with Gasteiger partial charge in [0, 0.05) is 25.6 Å². The number of cyclic esters (lactones) is 1. The maximum Gasteiger partial charge on any atom is 0.342 e. The van der Waals surface area contributed by atoms with Crippen LogP contribution in [0, 0.1) is 5.92 Å². The predicted octanol–water partition coefficient (Wildman–Crippen LogP) is 4.83. The summed E-state index contributed by atoms with van der Waals surface area (Å²) >= 11 is 6.35. The molecular weight excluding hydrogens is 460 g/mol. The molecule has 2 aliphatic heterocycles. The number of phenols is 2. The highest BCUT2D eigenvalue weighted by Crippen LogP contribution is 2.37. The minimum Gasteiger partial charge on any atom is -0.507 e. The molecule has 1 atom stereocenters. The minimum absolute atomic E-state index is 0.0395. The lowest BCUT2D eigenvalue weighted by Gasteiger charge is -2.26. The van der Waals surface area contributed by atoms with Gasteiger partial charge in [0.05, 0.1) is 17.3 Å². The molecule has 0 saturated carbocycles. The first kappa shape index (κ1) is 26.1. The van der Waals surface area contributed by atoms with Crippen molar-refractivity contribution in [3.8, 4) is 11.5 Å². The van der Waals surface area contributed by atoms with E-state index in [0.29, 0.717) is 18.1 Å². The standard InChI is InChI=1S/C25H35ClN2O6/c1-17-8-4-2-5-9-18(27-34-16-22(31)28-11-6-3-7-12-28)14-19-23(25(32)33-13-10-17)20(29)15-21(30)24(19)26/h15,17,29-30H,2-14,16H2,1H3/b27-18-. The highest BCUT2D eigenvalue weighted by Gasteiger charge is 2.25. The summed E-state index contributed by atoms with van der Waals surface area (Å²) in [6.07, 6.45) is 8.47. The molecule has 3 rings (SSSR count). The summed E-state index contributed by atoms with van der Waals surface area (Å²) < 4.78 is 5.41. The third-order valence-corrected chi connectivity index (χ3v) is 6.92. The Hall–Kier alpha value is -2.48. The van der Waals surface area contributed by atoms with E-state index in [-0.39, 0.29) is 47.4 Å². The Morgan fingerprint density at radius 3 is 2.65 bits per heavy atom. The van der Waals surface area contributed by atoms with E-state index in [1.165, 1.54) is 0 Å². The first-order valence-electron chi connectivity index (χ1n) is 12.2. The number of fused-ring (bicyclic) bond motifs is 1. The van der Waals surface area contributed by atoms with Gasteiger partial charge in [-0.05, 0) is 50.0 Å². The van der Waals surface area contributed by atoms with Crippen molar-refractivity contribution in [3.63, 3.8) is 0 Å². The van der Waals surface area contributed by atoms with Gasteiger partial charge in [0.15, 0.2) is 6.61 Å². The Balaban J connectivity index is 1.82. The van der Waals surface area contributed by atoms with Gasteiger partial charge in [-0.2, -0.15) is 0 Å². The van der Waals surface area contributed by atoms with Crippen molar-refractivity contribution in [1.82, 2.24) is 4.90 Å². The van der Waals surface area contributed by atoms with Gasteiger partial charge in [-0.25, -0.2) is 4.79 Å². The van der Waals surface area contributed by atoms with Crippen LogP contribution in [-0.2, 0) is 20.8 Å². The number of hydrogen-bond donors (Lipinski definition) is 2. The number of phenolic OH excluding ortho intramolecular Hbond substituents is 2. The summed E-state index contributed by atoms with van der Waals surface area (Å²) in [5.41, 5.74) is 0.737. The van der Waals surface area contributed by atoms with Crippen molar-refractivity contribution in [2.24, 2.45) is 11.1 Å². The molecule has 0 bridgehead atoms. The number of oxime groups is 1. The Kier molecular flexibility index (Phi) is 9.86. The van der Waals surface area contributed by atoms with E-state index >= 15 is 0 Å². The van der Waals surface area contributed by atoms with Crippen molar-refractivity contribution >= 4 is 29.2 Å². The normalized spacial score (nSPS) is 21.9. The predicted molar refractivity (Wildman–Crippen MR) is 129 cm³/mol. The molecule has 1 saturated heterocycles. The molecule has 1 aromatic carbocycles. The Bertz CT molecular complexity index is 898. The largest absolute Gasteiger partial charge is 0.507 e. The van der Waals surface area contributed by atoms with E-state index in [9.17, 15) is 19.8 Å². The highest BCUT2D eigenvalue weighted by molar-refractivity contribution is 6.33. The third kappa shape index (κ3) is 7.26. The number of carbonyl (C=O) groups is 2. The molecule has 1 amide bonds. The summed E-state index contributed by atoms with van der Waals surface area (Å²) in [7, 11) is 0. The van der Waals surface area contributed by atoms with Crippen LogP contribution in [0.5, 0.6) is 11.5 Å². The number of carbonyl (C=O) groups excluding carboxylic acids is 2. The molecule has 34 heavy (non-hydrogen) atoms. The van der Waals surface area contributed by atoms with Crippen molar-refractivity contribution < 1.29 is 29.4 Å². The Labute approximate surface area is 205 Å². The number of hydrogen-bond acceptors (Lipinski definition) is 7.